The van der Waals surface area contributed by atoms with Crippen LogP contribution in [0.4, 0.5) is 10.8 Å². The molecule has 2 aromatic rings. The van der Waals surface area contributed by atoms with Gasteiger partial charge in [0.2, 0.25) is 27.0 Å². The van der Waals surface area contributed by atoms with Gasteiger partial charge in [-0.1, -0.05) is 11.3 Å². The average Bonchev–Trinajstić information content (AvgIpc) is 3.20. The third-order valence-electron chi connectivity index (χ3n) is 4.18. The lowest BCUT2D eigenvalue weighted by Gasteiger charge is -2.18. The second-order valence-electron chi connectivity index (χ2n) is 6.30. The quantitative estimate of drug-likeness (QED) is 0.791. The molecule has 0 saturated carbocycles. The molecule has 1 fully saturated rings. The number of amides is 2. The van der Waals surface area contributed by atoms with Gasteiger partial charge >= 0.3 is 0 Å². The van der Waals surface area contributed by atoms with Crippen molar-refractivity contribution in [3.05, 3.63) is 29.3 Å². The highest BCUT2D eigenvalue weighted by atomic mass is 32.2. The Labute approximate surface area is 161 Å². The Bertz CT molecular complexity index is 969. The number of aryl methyl sites for hydroxylation is 1. The van der Waals surface area contributed by atoms with Crippen LogP contribution in [0.2, 0.25) is 0 Å². The zero-order valence-corrected chi connectivity index (χ0v) is 16.7. The lowest BCUT2D eigenvalue weighted by Crippen LogP contribution is -2.28. The Morgan fingerprint density at radius 2 is 1.93 bits per heavy atom. The molecule has 3 rings (SSSR count). The first-order valence-corrected chi connectivity index (χ1v) is 10.4. The second kappa shape index (κ2) is 7.33. The van der Waals surface area contributed by atoms with Gasteiger partial charge in [-0.3, -0.25) is 9.59 Å². The largest absolute Gasteiger partial charge is 0.312 e. The topological polar surface area (TPSA) is 113 Å². The SMILES string of the molecule is Cc1nnc(NC(=O)[C@H]2CC(=O)N(c3ccc(S(=O)(=O)N(C)C)cc3)C2)s1. The normalized spacial score (nSPS) is 17.6. The van der Waals surface area contributed by atoms with E-state index in [1.54, 1.807) is 19.1 Å². The van der Waals surface area contributed by atoms with Crippen LogP contribution in [-0.2, 0) is 19.6 Å². The minimum Gasteiger partial charge on any atom is -0.312 e. The van der Waals surface area contributed by atoms with E-state index in [1.165, 1.54) is 42.5 Å². The van der Waals surface area contributed by atoms with Gasteiger partial charge in [-0.2, -0.15) is 0 Å². The summed E-state index contributed by atoms with van der Waals surface area (Å²) in [6.07, 6.45) is 0.0847. The summed E-state index contributed by atoms with van der Waals surface area (Å²) in [5.41, 5.74) is 0.555. The van der Waals surface area contributed by atoms with E-state index in [9.17, 15) is 18.0 Å². The van der Waals surface area contributed by atoms with Crippen LogP contribution in [0.15, 0.2) is 29.2 Å². The first kappa shape index (κ1) is 19.4. The molecule has 1 aromatic heterocycles. The van der Waals surface area contributed by atoms with E-state index in [0.717, 1.165) is 9.31 Å². The maximum atomic E-state index is 12.4. The summed E-state index contributed by atoms with van der Waals surface area (Å²) in [5.74, 6) is -0.979. The minimum atomic E-state index is -3.53. The van der Waals surface area contributed by atoms with Crippen molar-refractivity contribution in [1.29, 1.82) is 0 Å². The van der Waals surface area contributed by atoms with Crippen LogP contribution in [0.25, 0.3) is 0 Å². The smallest absolute Gasteiger partial charge is 0.242 e. The highest BCUT2D eigenvalue weighted by molar-refractivity contribution is 7.89. The lowest BCUT2D eigenvalue weighted by molar-refractivity contribution is -0.122. The lowest BCUT2D eigenvalue weighted by atomic mass is 10.1. The standard InChI is InChI=1S/C16H19N5O4S2/c1-10-18-19-16(26-10)17-15(23)11-8-14(22)21(9-11)12-4-6-13(7-5-12)27(24,25)20(2)3/h4-7,11H,8-9H2,1-3H3,(H,17,19,23)/t11-/m0/s1. The van der Waals surface area contributed by atoms with E-state index in [4.69, 9.17) is 0 Å². The molecule has 1 aliphatic rings. The number of nitrogens with one attached hydrogen (secondary N) is 1. The van der Waals surface area contributed by atoms with Crippen molar-refractivity contribution in [1.82, 2.24) is 14.5 Å². The van der Waals surface area contributed by atoms with Gasteiger partial charge in [0.1, 0.15) is 5.01 Å². The predicted molar refractivity (Wildman–Crippen MR) is 101 cm³/mol. The van der Waals surface area contributed by atoms with E-state index in [2.05, 4.69) is 15.5 Å². The first-order valence-electron chi connectivity index (χ1n) is 8.12. The molecule has 0 bridgehead atoms. The van der Waals surface area contributed by atoms with Crippen molar-refractivity contribution in [2.24, 2.45) is 5.92 Å². The zero-order chi connectivity index (χ0) is 19.8. The van der Waals surface area contributed by atoms with Crippen LogP contribution >= 0.6 is 11.3 Å². The minimum absolute atomic E-state index is 0.0847. The number of sulfonamides is 1. The fourth-order valence-electron chi connectivity index (χ4n) is 2.70. The van der Waals surface area contributed by atoms with Gasteiger partial charge in [0, 0.05) is 32.7 Å². The molecule has 1 atom stereocenters. The molecule has 0 aliphatic carbocycles. The maximum Gasteiger partial charge on any atom is 0.242 e. The number of nitrogens with zero attached hydrogens (tertiary/aromatic N) is 4. The number of carbonyl (C=O) groups excluding carboxylic acids is 2. The molecule has 1 aliphatic heterocycles. The third kappa shape index (κ3) is 3.99. The Morgan fingerprint density at radius 3 is 2.48 bits per heavy atom. The molecule has 2 amide bonds. The second-order valence-corrected chi connectivity index (χ2v) is 9.64. The maximum absolute atomic E-state index is 12.4. The summed E-state index contributed by atoms with van der Waals surface area (Å²) in [6.45, 7) is 2.01. The van der Waals surface area contributed by atoms with Crippen LogP contribution < -0.4 is 10.2 Å². The van der Waals surface area contributed by atoms with Crippen LogP contribution in [0.1, 0.15) is 11.4 Å². The number of aromatic nitrogens is 2. The van der Waals surface area contributed by atoms with Crippen molar-refractivity contribution in [3.63, 3.8) is 0 Å². The number of benzene rings is 1. The van der Waals surface area contributed by atoms with Gasteiger partial charge in [-0.15, -0.1) is 10.2 Å². The number of hydrogen-bond acceptors (Lipinski definition) is 7. The van der Waals surface area contributed by atoms with Gasteiger partial charge in [-0.25, -0.2) is 12.7 Å². The molecule has 0 spiro atoms. The number of carbonyl (C=O) groups is 2. The average molecular weight is 409 g/mol. The van der Waals surface area contributed by atoms with Crippen molar-refractivity contribution < 1.29 is 18.0 Å². The molecule has 0 radical (unpaired) electrons. The monoisotopic (exact) mass is 409 g/mol. The summed E-state index contributed by atoms with van der Waals surface area (Å²) < 4.78 is 25.4. The van der Waals surface area contributed by atoms with E-state index in [0.29, 0.717) is 10.8 Å². The fourth-order valence-corrected chi connectivity index (χ4v) is 4.19. The summed E-state index contributed by atoms with van der Waals surface area (Å²) in [5, 5.41) is 11.5. The number of anilines is 2. The van der Waals surface area contributed by atoms with Gasteiger partial charge in [0.15, 0.2) is 0 Å². The summed E-state index contributed by atoms with van der Waals surface area (Å²) >= 11 is 1.27. The molecule has 1 N–H and O–H groups in total. The molecule has 11 heteroatoms. The van der Waals surface area contributed by atoms with E-state index >= 15 is 0 Å². The van der Waals surface area contributed by atoms with E-state index < -0.39 is 15.9 Å². The van der Waals surface area contributed by atoms with E-state index in [1.807, 2.05) is 0 Å². The molecule has 1 saturated heterocycles. The summed E-state index contributed by atoms with van der Waals surface area (Å²) in [4.78, 5) is 26.3. The summed E-state index contributed by atoms with van der Waals surface area (Å²) in [7, 11) is -0.625. The Kier molecular flexibility index (Phi) is 5.27. The fraction of sp³-hybridized carbons (Fsp3) is 0.375. The summed E-state index contributed by atoms with van der Waals surface area (Å²) in [6, 6.07) is 6.05. The van der Waals surface area contributed by atoms with Crippen molar-refractivity contribution >= 4 is 44.0 Å². The zero-order valence-electron chi connectivity index (χ0n) is 15.0. The van der Waals surface area contributed by atoms with Gasteiger partial charge < -0.3 is 10.2 Å². The highest BCUT2D eigenvalue weighted by Crippen LogP contribution is 2.27. The molecule has 27 heavy (non-hydrogen) atoms. The number of rotatable bonds is 5. The van der Waals surface area contributed by atoms with Gasteiger partial charge in [0.05, 0.1) is 10.8 Å². The number of hydrogen-bond donors (Lipinski definition) is 1. The molecule has 144 valence electrons. The van der Waals surface area contributed by atoms with Gasteiger partial charge in [-0.05, 0) is 31.2 Å². The molecular weight excluding hydrogens is 390 g/mol. The molecule has 0 unspecified atom stereocenters. The Morgan fingerprint density at radius 1 is 1.26 bits per heavy atom. The highest BCUT2D eigenvalue weighted by Gasteiger charge is 2.35. The van der Waals surface area contributed by atoms with Crippen LogP contribution in [0, 0.1) is 12.8 Å². The third-order valence-corrected chi connectivity index (χ3v) is 6.76. The molecule has 1 aromatic carbocycles. The molecule has 2 heterocycles. The predicted octanol–water partition coefficient (Wildman–Crippen LogP) is 1.09. The van der Waals surface area contributed by atoms with Crippen molar-refractivity contribution in [3.8, 4) is 0 Å². The first-order chi connectivity index (χ1) is 12.7. The van der Waals surface area contributed by atoms with Crippen LogP contribution in [-0.4, -0.2) is 55.4 Å². The molecular formula is C16H19N5O4S2. The van der Waals surface area contributed by atoms with Crippen molar-refractivity contribution in [2.75, 3.05) is 30.9 Å². The van der Waals surface area contributed by atoms with E-state index in [-0.39, 0.29) is 29.7 Å². The van der Waals surface area contributed by atoms with Crippen molar-refractivity contribution in [2.45, 2.75) is 18.2 Å². The van der Waals surface area contributed by atoms with Gasteiger partial charge in [0.25, 0.3) is 0 Å². The Hall–Kier alpha value is -2.37. The van der Waals surface area contributed by atoms with Crippen LogP contribution in [0.5, 0.6) is 0 Å². The van der Waals surface area contributed by atoms with Crippen LogP contribution in [0.3, 0.4) is 0 Å². The molecule has 9 nitrogen and oxygen atoms in total. The Balaban J connectivity index is 1.71.